The van der Waals surface area contributed by atoms with Gasteiger partial charge in [0.25, 0.3) is 0 Å². The predicted molar refractivity (Wildman–Crippen MR) is 51.2 cm³/mol. The van der Waals surface area contributed by atoms with Crippen molar-refractivity contribution in [2.45, 2.75) is 37.7 Å². The Morgan fingerprint density at radius 1 is 1.40 bits per heavy atom. The van der Waals surface area contributed by atoms with E-state index in [1.165, 1.54) is 0 Å². The fourth-order valence-electron chi connectivity index (χ4n) is 2.03. The third-order valence-electron chi connectivity index (χ3n) is 2.90. The van der Waals surface area contributed by atoms with Gasteiger partial charge in [-0.3, -0.25) is 9.59 Å². The molecule has 2 N–H and O–H groups in total. The fourth-order valence-corrected chi connectivity index (χ4v) is 2.03. The molecule has 0 aromatic carbocycles. The molecule has 1 rings (SSSR count). The van der Waals surface area contributed by atoms with Crippen molar-refractivity contribution in [3.63, 3.8) is 0 Å². The number of carboxylic acid groups (broad SMARTS) is 1. The number of carboxylic acids is 1. The van der Waals surface area contributed by atoms with Gasteiger partial charge in [-0.15, -0.1) is 0 Å². The van der Waals surface area contributed by atoms with E-state index >= 15 is 0 Å². The second-order valence-corrected chi connectivity index (χ2v) is 4.05. The summed E-state index contributed by atoms with van der Waals surface area (Å²) >= 11 is 0. The van der Waals surface area contributed by atoms with Gasteiger partial charge in [-0.2, -0.15) is 0 Å². The molecule has 1 fully saturated rings. The number of carbonyl (C=O) groups is 2. The number of aliphatic carboxylic acids is 1. The lowest BCUT2D eigenvalue weighted by molar-refractivity contribution is -0.160. The highest BCUT2D eigenvalue weighted by atomic mass is 16.5. The maximum atomic E-state index is 11.2. The minimum Gasteiger partial charge on any atom is -0.481 e. The molecule has 15 heavy (non-hydrogen) atoms. The largest absolute Gasteiger partial charge is 0.481 e. The summed E-state index contributed by atoms with van der Waals surface area (Å²) in [6.45, 7) is 0. The summed E-state index contributed by atoms with van der Waals surface area (Å²) in [5.74, 6) is -3.27. The first-order valence-corrected chi connectivity index (χ1v) is 5.01. The highest BCUT2D eigenvalue weighted by Crippen LogP contribution is 2.35. The predicted octanol–water partition coefficient (Wildman–Crippen LogP) is 0.555. The summed E-state index contributed by atoms with van der Waals surface area (Å²) in [4.78, 5) is 22.0. The van der Waals surface area contributed by atoms with Gasteiger partial charge in [-0.05, 0) is 12.8 Å². The van der Waals surface area contributed by atoms with E-state index < -0.39 is 23.5 Å². The molecule has 1 aliphatic carbocycles. The summed E-state index contributed by atoms with van der Waals surface area (Å²) in [5.41, 5.74) is -1.00. The molecule has 0 radical (unpaired) electrons. The first-order chi connectivity index (χ1) is 6.98. The molecule has 0 aromatic heterocycles. The highest BCUT2D eigenvalue weighted by Gasteiger charge is 2.39. The molecule has 0 aromatic rings. The van der Waals surface area contributed by atoms with Gasteiger partial charge >= 0.3 is 11.9 Å². The average molecular weight is 216 g/mol. The van der Waals surface area contributed by atoms with Gasteiger partial charge in [0.2, 0.25) is 0 Å². The van der Waals surface area contributed by atoms with Gasteiger partial charge in [0.1, 0.15) is 0 Å². The van der Waals surface area contributed by atoms with E-state index in [1.807, 2.05) is 0 Å². The third-order valence-corrected chi connectivity index (χ3v) is 2.90. The zero-order valence-corrected chi connectivity index (χ0v) is 8.73. The van der Waals surface area contributed by atoms with Crippen molar-refractivity contribution in [1.82, 2.24) is 0 Å². The molecule has 5 nitrogen and oxygen atoms in total. The van der Waals surface area contributed by atoms with Gasteiger partial charge in [0.15, 0.2) is 5.92 Å². The van der Waals surface area contributed by atoms with Crippen LogP contribution in [0, 0.1) is 5.92 Å². The molecular weight excluding hydrogens is 200 g/mol. The van der Waals surface area contributed by atoms with Crippen LogP contribution in [0.3, 0.4) is 0 Å². The Balaban J connectivity index is 2.66. The maximum Gasteiger partial charge on any atom is 0.320 e. The first-order valence-electron chi connectivity index (χ1n) is 5.01. The lowest BCUT2D eigenvalue weighted by Gasteiger charge is -2.24. The van der Waals surface area contributed by atoms with Crippen LogP contribution in [0.15, 0.2) is 0 Å². The van der Waals surface area contributed by atoms with Crippen LogP contribution in [0.5, 0.6) is 0 Å². The second kappa shape index (κ2) is 4.61. The Kier molecular flexibility index (Phi) is 3.68. The fraction of sp³-hybridized carbons (Fsp3) is 0.800. The van der Waals surface area contributed by atoms with Crippen molar-refractivity contribution in [3.05, 3.63) is 0 Å². The molecule has 0 aliphatic heterocycles. The second-order valence-electron chi connectivity index (χ2n) is 4.05. The SMILES string of the molecule is COC(=O)C(CC1(O)CCCC1)C(=O)O. The van der Waals surface area contributed by atoms with Gasteiger partial charge in [0, 0.05) is 6.42 Å². The van der Waals surface area contributed by atoms with Crippen LogP contribution in [0.1, 0.15) is 32.1 Å². The minimum atomic E-state index is -1.25. The minimum absolute atomic E-state index is 0.0466. The molecule has 1 unspecified atom stereocenters. The van der Waals surface area contributed by atoms with Gasteiger partial charge in [-0.25, -0.2) is 0 Å². The van der Waals surface area contributed by atoms with Crippen molar-refractivity contribution in [2.24, 2.45) is 5.92 Å². The van der Waals surface area contributed by atoms with Gasteiger partial charge in [0.05, 0.1) is 12.7 Å². The zero-order chi connectivity index (χ0) is 11.5. The molecule has 5 heteroatoms. The summed E-state index contributed by atoms with van der Waals surface area (Å²) in [5, 5.41) is 18.8. The lowest BCUT2D eigenvalue weighted by Crippen LogP contribution is -2.35. The summed E-state index contributed by atoms with van der Waals surface area (Å²) < 4.78 is 4.40. The molecule has 0 heterocycles. The standard InChI is InChI=1S/C10H16O5/c1-15-9(13)7(8(11)12)6-10(14)4-2-3-5-10/h7,14H,2-6H2,1H3,(H,11,12). The quantitative estimate of drug-likeness (QED) is 0.529. The van der Waals surface area contributed by atoms with Gasteiger partial charge < -0.3 is 14.9 Å². The number of hydrogen-bond acceptors (Lipinski definition) is 4. The molecule has 0 saturated heterocycles. The van der Waals surface area contributed by atoms with Crippen molar-refractivity contribution < 1.29 is 24.5 Å². The molecule has 0 amide bonds. The molecule has 86 valence electrons. The summed E-state index contributed by atoms with van der Waals surface area (Å²) in [6.07, 6.45) is 2.84. The third kappa shape index (κ3) is 2.92. The van der Waals surface area contributed by atoms with E-state index in [1.54, 1.807) is 0 Å². The van der Waals surface area contributed by atoms with E-state index in [2.05, 4.69) is 4.74 Å². The Bertz CT molecular complexity index is 255. The van der Waals surface area contributed by atoms with Crippen LogP contribution in [0.2, 0.25) is 0 Å². The highest BCUT2D eigenvalue weighted by molar-refractivity contribution is 5.93. The number of aliphatic hydroxyl groups is 1. The number of carbonyl (C=O) groups excluding carboxylic acids is 1. The summed E-state index contributed by atoms with van der Waals surface area (Å²) in [6, 6.07) is 0. The normalized spacial score (nSPS) is 20.9. The van der Waals surface area contributed by atoms with Crippen LogP contribution in [0.4, 0.5) is 0 Å². The number of rotatable bonds is 4. The van der Waals surface area contributed by atoms with Crippen LogP contribution in [0.25, 0.3) is 0 Å². The van der Waals surface area contributed by atoms with E-state index in [9.17, 15) is 14.7 Å². The molecule has 0 bridgehead atoms. The van der Waals surface area contributed by atoms with Crippen LogP contribution >= 0.6 is 0 Å². The monoisotopic (exact) mass is 216 g/mol. The van der Waals surface area contributed by atoms with Crippen LogP contribution < -0.4 is 0 Å². The maximum absolute atomic E-state index is 11.2. The number of methoxy groups -OCH3 is 1. The van der Waals surface area contributed by atoms with E-state index in [4.69, 9.17) is 5.11 Å². The summed E-state index contributed by atoms with van der Waals surface area (Å²) in [7, 11) is 1.15. The lowest BCUT2D eigenvalue weighted by atomic mass is 9.89. The van der Waals surface area contributed by atoms with Crippen molar-refractivity contribution >= 4 is 11.9 Å². The van der Waals surface area contributed by atoms with E-state index in [0.717, 1.165) is 20.0 Å². The van der Waals surface area contributed by atoms with E-state index in [-0.39, 0.29) is 6.42 Å². The Morgan fingerprint density at radius 2 is 1.93 bits per heavy atom. The Hall–Kier alpha value is -1.10. The molecule has 1 aliphatic rings. The van der Waals surface area contributed by atoms with Crippen LogP contribution in [-0.2, 0) is 14.3 Å². The van der Waals surface area contributed by atoms with E-state index in [0.29, 0.717) is 12.8 Å². The average Bonchev–Trinajstić information content (AvgIpc) is 2.60. The first kappa shape index (κ1) is 12.0. The zero-order valence-electron chi connectivity index (χ0n) is 8.73. The number of esters is 1. The topological polar surface area (TPSA) is 83.8 Å². The molecule has 1 atom stereocenters. The van der Waals surface area contributed by atoms with Gasteiger partial charge in [-0.1, -0.05) is 12.8 Å². The molecule has 0 spiro atoms. The van der Waals surface area contributed by atoms with Crippen molar-refractivity contribution in [3.8, 4) is 0 Å². The number of hydrogen-bond donors (Lipinski definition) is 2. The number of ether oxygens (including phenoxy) is 1. The molecule has 1 saturated carbocycles. The Labute approximate surface area is 88.0 Å². The Morgan fingerprint density at radius 3 is 2.33 bits per heavy atom. The van der Waals surface area contributed by atoms with Crippen molar-refractivity contribution in [2.75, 3.05) is 7.11 Å². The smallest absolute Gasteiger partial charge is 0.320 e. The molecular formula is C10H16O5. The van der Waals surface area contributed by atoms with Crippen LogP contribution in [-0.4, -0.2) is 34.9 Å². The van der Waals surface area contributed by atoms with Crippen molar-refractivity contribution in [1.29, 1.82) is 0 Å².